The van der Waals surface area contributed by atoms with Crippen LogP contribution in [0.1, 0.15) is 59.8 Å². The van der Waals surface area contributed by atoms with Crippen LogP contribution < -0.4 is 5.32 Å². The number of hydrogen-bond acceptors (Lipinski definition) is 3. The van der Waals surface area contributed by atoms with Gasteiger partial charge in [-0.05, 0) is 55.5 Å². The second-order valence-electron chi connectivity index (χ2n) is 5.95. The lowest BCUT2D eigenvalue weighted by Gasteiger charge is -2.20. The van der Waals surface area contributed by atoms with Gasteiger partial charge in [0.1, 0.15) is 5.75 Å². The molecule has 0 spiro atoms. The molecule has 1 aromatic carbocycles. The summed E-state index contributed by atoms with van der Waals surface area (Å²) < 4.78 is 0.817. The highest BCUT2D eigenvalue weighted by molar-refractivity contribution is 7.16. The molecule has 1 aliphatic rings. The van der Waals surface area contributed by atoms with Gasteiger partial charge in [-0.2, -0.15) is 0 Å². The summed E-state index contributed by atoms with van der Waals surface area (Å²) in [6.45, 7) is 6.51. The van der Waals surface area contributed by atoms with E-state index in [0.29, 0.717) is 11.7 Å². The highest BCUT2D eigenvalue weighted by Gasteiger charge is 2.33. The minimum atomic E-state index is 0.200. The Hall–Kier alpha value is -1.03. The average Bonchev–Trinajstić information content (AvgIpc) is 2.99. The van der Waals surface area contributed by atoms with E-state index in [9.17, 15) is 5.11 Å². The molecule has 4 heteroatoms. The zero-order chi connectivity index (χ0) is 15.1. The first-order valence-electron chi connectivity index (χ1n) is 7.31. The van der Waals surface area contributed by atoms with Crippen molar-refractivity contribution in [3.8, 4) is 5.75 Å². The Labute approximate surface area is 134 Å². The highest BCUT2D eigenvalue weighted by Crippen LogP contribution is 2.46. The Balaban J connectivity index is 1.88. The van der Waals surface area contributed by atoms with Crippen molar-refractivity contribution in [3.63, 3.8) is 0 Å². The van der Waals surface area contributed by atoms with Gasteiger partial charge in [-0.15, -0.1) is 11.3 Å². The van der Waals surface area contributed by atoms with Gasteiger partial charge in [0, 0.05) is 22.5 Å². The Morgan fingerprint density at radius 3 is 2.71 bits per heavy atom. The van der Waals surface area contributed by atoms with Gasteiger partial charge in [-0.3, -0.25) is 0 Å². The predicted octanol–water partition coefficient (Wildman–Crippen LogP) is 5.31. The molecule has 0 amide bonds. The molecule has 2 nitrogen and oxygen atoms in total. The Morgan fingerprint density at radius 2 is 2.05 bits per heavy atom. The molecule has 21 heavy (non-hydrogen) atoms. The van der Waals surface area contributed by atoms with Crippen LogP contribution in [0.4, 0.5) is 0 Å². The maximum Gasteiger partial charge on any atom is 0.120 e. The number of hydrogen-bond donors (Lipinski definition) is 2. The van der Waals surface area contributed by atoms with Crippen molar-refractivity contribution in [2.45, 2.75) is 45.2 Å². The number of nitrogens with one attached hydrogen (secondary N) is 1. The predicted molar refractivity (Wildman–Crippen MR) is 89.5 cm³/mol. The number of benzene rings is 1. The number of aryl methyl sites for hydroxylation is 1. The number of phenols is 1. The van der Waals surface area contributed by atoms with E-state index in [4.69, 9.17) is 11.6 Å². The summed E-state index contributed by atoms with van der Waals surface area (Å²) in [5.74, 6) is 0.887. The van der Waals surface area contributed by atoms with Gasteiger partial charge in [-0.25, -0.2) is 0 Å². The summed E-state index contributed by atoms with van der Waals surface area (Å²) in [6.07, 6.45) is 1.02. The molecule has 0 radical (unpaired) electrons. The van der Waals surface area contributed by atoms with Gasteiger partial charge in [0.2, 0.25) is 0 Å². The molecule has 3 unspecified atom stereocenters. The first-order chi connectivity index (χ1) is 9.97. The lowest BCUT2D eigenvalue weighted by molar-refractivity contribution is 0.424. The number of fused-ring (bicyclic) bond motifs is 1. The molecule has 2 N–H and O–H groups in total. The quantitative estimate of drug-likeness (QED) is 0.802. The third kappa shape index (κ3) is 2.70. The van der Waals surface area contributed by atoms with Crippen LogP contribution in [0, 0.1) is 6.92 Å². The van der Waals surface area contributed by atoms with Crippen molar-refractivity contribution in [2.24, 2.45) is 0 Å². The van der Waals surface area contributed by atoms with E-state index in [-0.39, 0.29) is 12.1 Å². The molecule has 0 aliphatic heterocycles. The first-order valence-corrected chi connectivity index (χ1v) is 8.50. The molecule has 3 atom stereocenters. The molecular formula is C17H20ClNOS. The van der Waals surface area contributed by atoms with Crippen LogP contribution in [0.15, 0.2) is 24.3 Å². The second kappa shape index (κ2) is 5.64. The fourth-order valence-corrected chi connectivity index (χ4v) is 4.51. The fraction of sp³-hybridized carbons (Fsp3) is 0.412. The highest BCUT2D eigenvalue weighted by atomic mass is 35.5. The Bertz CT molecular complexity index is 667. The molecule has 1 aromatic heterocycles. The van der Waals surface area contributed by atoms with Crippen molar-refractivity contribution in [1.82, 2.24) is 5.32 Å². The lowest BCUT2D eigenvalue weighted by atomic mass is 9.97. The third-order valence-corrected chi connectivity index (χ3v) is 5.80. The second-order valence-corrected chi connectivity index (χ2v) is 7.70. The molecule has 0 bridgehead atoms. The van der Waals surface area contributed by atoms with Crippen LogP contribution in [0.25, 0.3) is 0 Å². The van der Waals surface area contributed by atoms with Gasteiger partial charge in [0.05, 0.1) is 4.34 Å². The monoisotopic (exact) mass is 321 g/mol. The zero-order valence-electron chi connectivity index (χ0n) is 12.5. The molecule has 1 aliphatic carbocycles. The van der Waals surface area contributed by atoms with Crippen molar-refractivity contribution in [1.29, 1.82) is 0 Å². The van der Waals surface area contributed by atoms with Crippen molar-refractivity contribution < 1.29 is 5.11 Å². The topological polar surface area (TPSA) is 32.3 Å². The Kier molecular flexibility index (Phi) is 4.00. The van der Waals surface area contributed by atoms with Crippen LogP contribution in [0.3, 0.4) is 0 Å². The van der Waals surface area contributed by atoms with Gasteiger partial charge >= 0.3 is 0 Å². The van der Waals surface area contributed by atoms with E-state index in [1.54, 1.807) is 11.3 Å². The maximum atomic E-state index is 10.3. The molecule has 0 saturated carbocycles. The van der Waals surface area contributed by atoms with Crippen molar-refractivity contribution >= 4 is 22.9 Å². The molecule has 0 fully saturated rings. The minimum absolute atomic E-state index is 0.200. The summed E-state index contributed by atoms with van der Waals surface area (Å²) in [5, 5.41) is 13.9. The Morgan fingerprint density at radius 1 is 1.29 bits per heavy atom. The number of halogens is 1. The standard InChI is InChI=1S/C17H20ClNOS/c1-9-4-5-13(20)17-12(8-10(2)16(9)17)19-11(3)14-6-7-15(18)21-14/h4-7,10-12,19-20H,8H2,1-3H3. The lowest BCUT2D eigenvalue weighted by Crippen LogP contribution is -2.22. The van der Waals surface area contributed by atoms with Crippen LogP contribution >= 0.6 is 22.9 Å². The van der Waals surface area contributed by atoms with E-state index >= 15 is 0 Å². The van der Waals surface area contributed by atoms with E-state index in [0.717, 1.165) is 16.3 Å². The van der Waals surface area contributed by atoms with E-state index in [1.165, 1.54) is 16.0 Å². The number of phenolic OH excluding ortho intramolecular Hbond substituents is 1. The summed E-state index contributed by atoms with van der Waals surface area (Å²) in [4.78, 5) is 1.23. The molecule has 112 valence electrons. The van der Waals surface area contributed by atoms with E-state index < -0.39 is 0 Å². The van der Waals surface area contributed by atoms with Crippen molar-refractivity contribution in [2.75, 3.05) is 0 Å². The van der Waals surface area contributed by atoms with Gasteiger partial charge in [0.25, 0.3) is 0 Å². The SMILES string of the molecule is Cc1ccc(O)c2c1C(C)CC2NC(C)c1ccc(Cl)s1. The molecule has 0 saturated heterocycles. The molecule has 3 rings (SSSR count). The molecule has 2 aromatic rings. The molecule has 1 heterocycles. The fourth-order valence-electron chi connectivity index (χ4n) is 3.44. The summed E-state index contributed by atoms with van der Waals surface area (Å²) in [6, 6.07) is 8.26. The zero-order valence-corrected chi connectivity index (χ0v) is 14.1. The van der Waals surface area contributed by atoms with Crippen LogP contribution in [-0.2, 0) is 0 Å². The van der Waals surface area contributed by atoms with Crippen molar-refractivity contribution in [3.05, 3.63) is 50.2 Å². The van der Waals surface area contributed by atoms with Crippen LogP contribution in [-0.4, -0.2) is 5.11 Å². The largest absolute Gasteiger partial charge is 0.508 e. The maximum absolute atomic E-state index is 10.3. The average molecular weight is 322 g/mol. The van der Waals surface area contributed by atoms with Gasteiger partial charge in [-0.1, -0.05) is 24.6 Å². The summed E-state index contributed by atoms with van der Waals surface area (Å²) in [5.41, 5.74) is 3.66. The van der Waals surface area contributed by atoms with E-state index in [2.05, 4.69) is 32.2 Å². The number of aromatic hydroxyl groups is 1. The van der Waals surface area contributed by atoms with Gasteiger partial charge < -0.3 is 10.4 Å². The van der Waals surface area contributed by atoms with Gasteiger partial charge in [0.15, 0.2) is 0 Å². The van der Waals surface area contributed by atoms with E-state index in [1.807, 2.05) is 18.2 Å². The third-order valence-electron chi connectivity index (χ3n) is 4.38. The summed E-state index contributed by atoms with van der Waals surface area (Å²) >= 11 is 7.63. The first kappa shape index (κ1) is 14.9. The number of rotatable bonds is 3. The molecular weight excluding hydrogens is 302 g/mol. The smallest absolute Gasteiger partial charge is 0.120 e. The summed E-state index contributed by atoms with van der Waals surface area (Å²) in [7, 11) is 0. The van der Waals surface area contributed by atoms with Crippen LogP contribution in [0.2, 0.25) is 4.34 Å². The minimum Gasteiger partial charge on any atom is -0.508 e. The van der Waals surface area contributed by atoms with Crippen LogP contribution in [0.5, 0.6) is 5.75 Å². The normalized spacial score (nSPS) is 22.3. The number of thiophene rings is 1.